The summed E-state index contributed by atoms with van der Waals surface area (Å²) < 4.78 is 13.8. The molecule has 0 unspecified atom stereocenters. The van der Waals surface area contributed by atoms with Gasteiger partial charge in [0.05, 0.1) is 0 Å². The van der Waals surface area contributed by atoms with E-state index in [0.717, 1.165) is 56.8 Å². The minimum Gasteiger partial charge on any atom is -0.356 e. The summed E-state index contributed by atoms with van der Waals surface area (Å²) in [6, 6.07) is 7.57. The second-order valence-corrected chi connectivity index (χ2v) is 7.05. The van der Waals surface area contributed by atoms with Gasteiger partial charge in [0.1, 0.15) is 5.82 Å². The van der Waals surface area contributed by atoms with E-state index in [4.69, 9.17) is 0 Å². The third kappa shape index (κ3) is 5.30. The summed E-state index contributed by atoms with van der Waals surface area (Å²) >= 11 is 0. The highest BCUT2D eigenvalue weighted by molar-refractivity contribution is 5.80. The van der Waals surface area contributed by atoms with Gasteiger partial charge in [-0.2, -0.15) is 0 Å². The maximum Gasteiger partial charge on any atom is 0.191 e. The van der Waals surface area contributed by atoms with Gasteiger partial charge in [0.15, 0.2) is 5.96 Å². The zero-order valence-corrected chi connectivity index (χ0v) is 15.0. The molecule has 0 atom stereocenters. The van der Waals surface area contributed by atoms with Gasteiger partial charge < -0.3 is 10.6 Å². The fourth-order valence-electron chi connectivity index (χ4n) is 3.58. The predicted octanol–water partition coefficient (Wildman–Crippen LogP) is 2.92. The SMILES string of the molecule is CN=C(NCC1CCN(Cc2ccccc2F)CC1)NC1CC=CC1. The average Bonchev–Trinajstić information content (AvgIpc) is 3.15. The number of nitrogens with one attached hydrogen (secondary N) is 2. The van der Waals surface area contributed by atoms with Crippen LogP contribution >= 0.6 is 0 Å². The van der Waals surface area contributed by atoms with Gasteiger partial charge in [-0.05, 0) is 50.8 Å². The topological polar surface area (TPSA) is 39.7 Å². The number of piperidine rings is 1. The highest BCUT2D eigenvalue weighted by Crippen LogP contribution is 2.19. The Balaban J connectivity index is 1.38. The number of nitrogens with zero attached hydrogens (tertiary/aromatic N) is 2. The van der Waals surface area contributed by atoms with Crippen molar-refractivity contribution in [1.29, 1.82) is 0 Å². The van der Waals surface area contributed by atoms with Crippen LogP contribution in [0.25, 0.3) is 0 Å². The van der Waals surface area contributed by atoms with Gasteiger partial charge in [-0.25, -0.2) is 4.39 Å². The molecule has 5 heteroatoms. The van der Waals surface area contributed by atoms with Crippen LogP contribution in [0.4, 0.5) is 4.39 Å². The van der Waals surface area contributed by atoms with E-state index in [1.165, 1.54) is 0 Å². The molecule has 0 spiro atoms. The average molecular weight is 344 g/mol. The second-order valence-electron chi connectivity index (χ2n) is 7.05. The summed E-state index contributed by atoms with van der Waals surface area (Å²) in [6.07, 6.45) is 8.88. The lowest BCUT2D eigenvalue weighted by Gasteiger charge is -2.32. The quantitative estimate of drug-likeness (QED) is 0.490. The highest BCUT2D eigenvalue weighted by atomic mass is 19.1. The first-order valence-electron chi connectivity index (χ1n) is 9.32. The molecule has 1 aromatic carbocycles. The molecular formula is C20H29FN4. The van der Waals surface area contributed by atoms with Crippen molar-refractivity contribution in [3.63, 3.8) is 0 Å². The molecule has 0 radical (unpaired) electrons. The lowest BCUT2D eigenvalue weighted by molar-refractivity contribution is 0.176. The van der Waals surface area contributed by atoms with Crippen molar-refractivity contribution in [3.8, 4) is 0 Å². The van der Waals surface area contributed by atoms with E-state index >= 15 is 0 Å². The molecule has 136 valence electrons. The van der Waals surface area contributed by atoms with E-state index in [1.54, 1.807) is 12.1 Å². The smallest absolute Gasteiger partial charge is 0.191 e. The predicted molar refractivity (Wildman–Crippen MR) is 101 cm³/mol. The Morgan fingerprint density at radius 2 is 1.92 bits per heavy atom. The van der Waals surface area contributed by atoms with Crippen LogP contribution in [0.15, 0.2) is 41.4 Å². The first kappa shape index (κ1) is 17.9. The molecule has 1 fully saturated rings. The number of halogens is 1. The van der Waals surface area contributed by atoms with Crippen molar-refractivity contribution in [3.05, 3.63) is 47.8 Å². The van der Waals surface area contributed by atoms with Crippen LogP contribution in [-0.2, 0) is 6.54 Å². The van der Waals surface area contributed by atoms with E-state index in [9.17, 15) is 4.39 Å². The molecule has 0 aromatic heterocycles. The summed E-state index contributed by atoms with van der Waals surface area (Å²) in [6.45, 7) is 3.72. The molecule has 1 aromatic rings. The summed E-state index contributed by atoms with van der Waals surface area (Å²) in [7, 11) is 1.83. The molecule has 2 N–H and O–H groups in total. The molecule has 0 amide bonds. The summed E-state index contributed by atoms with van der Waals surface area (Å²) in [5.41, 5.74) is 0.800. The standard InChI is InChI=1S/C20H29FN4/c1-22-20(24-18-7-3-4-8-18)23-14-16-10-12-25(13-11-16)15-17-6-2-5-9-19(17)21/h2-6,9,16,18H,7-8,10-15H2,1H3,(H2,22,23,24). The molecule has 0 bridgehead atoms. The number of guanidine groups is 1. The van der Waals surface area contributed by atoms with E-state index in [-0.39, 0.29) is 5.82 Å². The van der Waals surface area contributed by atoms with Crippen molar-refractivity contribution < 1.29 is 4.39 Å². The summed E-state index contributed by atoms with van der Waals surface area (Å²) in [5.74, 6) is 1.46. The van der Waals surface area contributed by atoms with Crippen molar-refractivity contribution in [2.75, 3.05) is 26.7 Å². The van der Waals surface area contributed by atoms with Crippen LogP contribution in [0, 0.1) is 11.7 Å². The zero-order valence-electron chi connectivity index (χ0n) is 15.0. The van der Waals surface area contributed by atoms with Crippen LogP contribution in [0.2, 0.25) is 0 Å². The van der Waals surface area contributed by atoms with Crippen LogP contribution < -0.4 is 10.6 Å². The maximum atomic E-state index is 13.8. The fraction of sp³-hybridized carbons (Fsp3) is 0.550. The van der Waals surface area contributed by atoms with Crippen molar-refractivity contribution in [1.82, 2.24) is 15.5 Å². The van der Waals surface area contributed by atoms with Crippen molar-refractivity contribution in [2.24, 2.45) is 10.9 Å². The minimum atomic E-state index is -0.0948. The lowest BCUT2D eigenvalue weighted by atomic mass is 9.96. The van der Waals surface area contributed by atoms with Gasteiger partial charge in [-0.1, -0.05) is 30.4 Å². The molecular weight excluding hydrogens is 315 g/mol. The molecule has 4 nitrogen and oxygen atoms in total. The van der Waals surface area contributed by atoms with Crippen molar-refractivity contribution in [2.45, 2.75) is 38.3 Å². The maximum absolute atomic E-state index is 13.8. The summed E-state index contributed by atoms with van der Waals surface area (Å²) in [5, 5.41) is 6.95. The Bertz CT molecular complexity index is 597. The Morgan fingerprint density at radius 1 is 1.20 bits per heavy atom. The first-order valence-corrected chi connectivity index (χ1v) is 9.32. The molecule has 1 saturated heterocycles. The normalized spacial score (nSPS) is 20.2. The van der Waals surface area contributed by atoms with Crippen molar-refractivity contribution >= 4 is 5.96 Å². The number of hydrogen-bond donors (Lipinski definition) is 2. The molecule has 1 aliphatic carbocycles. The Hall–Kier alpha value is -1.88. The number of likely N-dealkylation sites (tertiary alicyclic amines) is 1. The molecule has 1 aliphatic heterocycles. The van der Waals surface area contributed by atoms with Gasteiger partial charge in [0.25, 0.3) is 0 Å². The fourth-order valence-corrected chi connectivity index (χ4v) is 3.58. The van der Waals surface area contributed by atoms with E-state index < -0.39 is 0 Å². The molecule has 2 aliphatic rings. The van der Waals surface area contributed by atoms with E-state index in [0.29, 0.717) is 18.5 Å². The van der Waals surface area contributed by atoms with Crippen LogP contribution in [-0.4, -0.2) is 43.6 Å². The van der Waals surface area contributed by atoms with Gasteiger partial charge in [0, 0.05) is 31.7 Å². The Labute approximate surface area is 150 Å². The number of rotatable bonds is 5. The molecule has 25 heavy (non-hydrogen) atoms. The van der Waals surface area contributed by atoms with Crippen LogP contribution in [0.3, 0.4) is 0 Å². The highest BCUT2D eigenvalue weighted by Gasteiger charge is 2.20. The molecule has 0 saturated carbocycles. The minimum absolute atomic E-state index is 0.0948. The van der Waals surface area contributed by atoms with Gasteiger partial charge in [-0.15, -0.1) is 0 Å². The number of benzene rings is 1. The zero-order chi connectivity index (χ0) is 17.5. The van der Waals surface area contributed by atoms with E-state index in [1.807, 2.05) is 19.2 Å². The Kier molecular flexibility index (Phi) is 6.45. The first-order chi connectivity index (χ1) is 12.2. The number of hydrogen-bond acceptors (Lipinski definition) is 2. The lowest BCUT2D eigenvalue weighted by Crippen LogP contribution is -2.45. The van der Waals surface area contributed by atoms with Crippen LogP contribution in [0.5, 0.6) is 0 Å². The molecule has 3 rings (SSSR count). The largest absolute Gasteiger partial charge is 0.356 e. The van der Waals surface area contributed by atoms with E-state index in [2.05, 4.69) is 32.7 Å². The third-order valence-corrected chi connectivity index (χ3v) is 5.19. The summed E-state index contributed by atoms with van der Waals surface area (Å²) in [4.78, 5) is 6.68. The third-order valence-electron chi connectivity index (χ3n) is 5.19. The van der Waals surface area contributed by atoms with Crippen LogP contribution in [0.1, 0.15) is 31.2 Å². The van der Waals surface area contributed by atoms with Gasteiger partial charge in [-0.3, -0.25) is 9.89 Å². The van der Waals surface area contributed by atoms with Gasteiger partial charge in [0.2, 0.25) is 0 Å². The monoisotopic (exact) mass is 344 g/mol. The van der Waals surface area contributed by atoms with Gasteiger partial charge >= 0.3 is 0 Å². The molecule has 1 heterocycles. The second kappa shape index (κ2) is 8.99. The Morgan fingerprint density at radius 3 is 2.60 bits per heavy atom. The number of aliphatic imine (C=N–C) groups is 1.